The summed E-state index contributed by atoms with van der Waals surface area (Å²) in [6, 6.07) is 58.0. The van der Waals surface area contributed by atoms with Gasteiger partial charge in [0.1, 0.15) is 11.2 Å². The largest absolute Gasteiger partial charge is 0.455 e. The standard InChI is InChI=1S/C53H37NOS/c1-53(2)45-17-8-7-15-41(45)44-30-36(24-27-46(44)53)54(35-21-18-34(19-22-35)39-16-9-12-32-10-3-5-13-38(32)39)37-23-26-42-49(31-37)56-48-29-28-47-50(51(42)48)43-25-20-33-11-4-6-14-40(33)52(43)55-47/h3-23,25-26,28-31H,24,27H2,1-2H3. The third-order valence-corrected chi connectivity index (χ3v) is 13.7. The van der Waals surface area contributed by atoms with Gasteiger partial charge in [-0.2, -0.15) is 0 Å². The maximum Gasteiger partial charge on any atom is 0.143 e. The Morgan fingerprint density at radius 2 is 1.27 bits per heavy atom. The lowest BCUT2D eigenvalue weighted by atomic mass is 9.78. The first-order valence-corrected chi connectivity index (χ1v) is 20.4. The number of hydrogen-bond donors (Lipinski definition) is 0. The normalized spacial score (nSPS) is 15.0. The van der Waals surface area contributed by atoms with Crippen molar-refractivity contribution in [1.82, 2.24) is 0 Å². The maximum atomic E-state index is 6.62. The van der Waals surface area contributed by atoms with Gasteiger partial charge in [0.25, 0.3) is 0 Å². The van der Waals surface area contributed by atoms with E-state index < -0.39 is 0 Å². The van der Waals surface area contributed by atoms with Crippen molar-refractivity contribution in [3.63, 3.8) is 0 Å². The van der Waals surface area contributed by atoms with Gasteiger partial charge in [-0.25, -0.2) is 0 Å². The van der Waals surface area contributed by atoms with Crippen LogP contribution in [0.3, 0.4) is 0 Å². The molecule has 10 aromatic rings. The Hall–Kier alpha value is -6.42. The van der Waals surface area contributed by atoms with E-state index in [-0.39, 0.29) is 5.41 Å². The van der Waals surface area contributed by atoms with Crippen LogP contribution in [0.2, 0.25) is 0 Å². The molecule has 0 saturated carbocycles. The van der Waals surface area contributed by atoms with E-state index in [4.69, 9.17) is 4.42 Å². The molecule has 2 aliphatic rings. The number of allylic oxidation sites excluding steroid dienone is 4. The average Bonchev–Trinajstić information content (AvgIpc) is 3.88. The van der Waals surface area contributed by atoms with Crippen LogP contribution in [0.25, 0.3) is 80.4 Å². The van der Waals surface area contributed by atoms with E-state index in [1.165, 1.54) is 92.0 Å². The summed E-state index contributed by atoms with van der Waals surface area (Å²) < 4.78 is 9.17. The summed E-state index contributed by atoms with van der Waals surface area (Å²) in [6.07, 6.45) is 4.51. The highest BCUT2D eigenvalue weighted by atomic mass is 32.1. The smallest absolute Gasteiger partial charge is 0.143 e. The molecule has 12 rings (SSSR count). The first kappa shape index (κ1) is 31.9. The number of furan rings is 1. The zero-order valence-corrected chi connectivity index (χ0v) is 32.1. The van der Waals surface area contributed by atoms with Crippen molar-refractivity contribution in [2.24, 2.45) is 0 Å². The molecule has 0 fully saturated rings. The average molecular weight is 736 g/mol. The molecule has 3 heteroatoms. The SMILES string of the molecule is CC1(C)C2=C(C=C(N(c3ccc(-c4cccc5ccccc45)cc3)c3ccc4c(c3)sc3ccc5oc6c7ccccc7ccc6c5c34)CC2)c2ccccc21. The number of thiophene rings is 1. The Balaban J connectivity index is 1.04. The Morgan fingerprint density at radius 3 is 2.14 bits per heavy atom. The van der Waals surface area contributed by atoms with E-state index in [1.807, 2.05) is 11.3 Å². The van der Waals surface area contributed by atoms with Crippen molar-refractivity contribution < 1.29 is 4.42 Å². The quantitative estimate of drug-likeness (QED) is 0.179. The molecule has 2 heterocycles. The maximum absolute atomic E-state index is 6.62. The molecule has 0 amide bonds. The van der Waals surface area contributed by atoms with E-state index in [2.05, 4.69) is 183 Å². The fraction of sp³-hybridized carbons (Fsp3) is 0.0943. The lowest BCUT2D eigenvalue weighted by Crippen LogP contribution is -2.22. The molecule has 0 aliphatic heterocycles. The van der Waals surface area contributed by atoms with Gasteiger partial charge in [0, 0.05) is 58.8 Å². The second kappa shape index (κ2) is 11.8. The molecule has 8 aromatic carbocycles. The topological polar surface area (TPSA) is 16.4 Å². The number of fused-ring (bicyclic) bond motifs is 12. The fourth-order valence-corrected chi connectivity index (χ4v) is 11.1. The molecular weight excluding hydrogens is 699 g/mol. The van der Waals surface area contributed by atoms with Crippen LogP contribution in [-0.4, -0.2) is 0 Å². The summed E-state index contributed by atoms with van der Waals surface area (Å²) in [5.74, 6) is 0. The summed E-state index contributed by atoms with van der Waals surface area (Å²) in [7, 11) is 0. The summed E-state index contributed by atoms with van der Waals surface area (Å²) in [6.45, 7) is 4.80. The number of anilines is 2. The third kappa shape index (κ3) is 4.55. The Kier molecular flexibility index (Phi) is 6.71. The molecule has 0 radical (unpaired) electrons. The lowest BCUT2D eigenvalue weighted by Gasteiger charge is -2.33. The zero-order valence-electron chi connectivity index (χ0n) is 31.3. The van der Waals surface area contributed by atoms with E-state index in [0.29, 0.717) is 0 Å². The Bertz CT molecular complexity index is 3330. The second-order valence-electron chi connectivity index (χ2n) is 16.0. The predicted molar refractivity (Wildman–Crippen MR) is 239 cm³/mol. The fourth-order valence-electron chi connectivity index (χ4n) is 9.94. The molecule has 0 saturated heterocycles. The highest BCUT2D eigenvalue weighted by Gasteiger charge is 2.38. The zero-order chi connectivity index (χ0) is 37.1. The van der Waals surface area contributed by atoms with Crippen molar-refractivity contribution in [2.75, 3.05) is 4.90 Å². The molecule has 2 aliphatic carbocycles. The van der Waals surface area contributed by atoms with E-state index in [0.717, 1.165) is 29.4 Å². The molecule has 0 N–H and O–H groups in total. The highest BCUT2D eigenvalue weighted by molar-refractivity contribution is 7.26. The number of nitrogens with zero attached hydrogens (tertiary/aromatic N) is 1. The van der Waals surface area contributed by atoms with Gasteiger partial charge in [-0.15, -0.1) is 11.3 Å². The second-order valence-corrected chi connectivity index (χ2v) is 17.1. The number of hydrogen-bond acceptors (Lipinski definition) is 3. The minimum Gasteiger partial charge on any atom is -0.455 e. The molecule has 0 unspecified atom stereocenters. The molecule has 56 heavy (non-hydrogen) atoms. The molecule has 266 valence electrons. The van der Waals surface area contributed by atoms with Gasteiger partial charge in [-0.05, 0) is 105 Å². The van der Waals surface area contributed by atoms with E-state index in [9.17, 15) is 0 Å². The molecular formula is C53H37NOS. The molecule has 0 atom stereocenters. The Morgan fingerprint density at radius 1 is 0.554 bits per heavy atom. The lowest BCUT2D eigenvalue weighted by molar-refractivity contribution is 0.602. The van der Waals surface area contributed by atoms with E-state index in [1.54, 1.807) is 5.57 Å². The van der Waals surface area contributed by atoms with E-state index >= 15 is 0 Å². The van der Waals surface area contributed by atoms with Gasteiger partial charge in [-0.1, -0.05) is 135 Å². The van der Waals surface area contributed by atoms with Gasteiger partial charge < -0.3 is 9.32 Å². The molecule has 0 spiro atoms. The van der Waals surface area contributed by atoms with Crippen LogP contribution in [-0.2, 0) is 5.41 Å². The van der Waals surface area contributed by atoms with Gasteiger partial charge in [0.15, 0.2) is 0 Å². The van der Waals surface area contributed by atoms with Crippen LogP contribution in [0.5, 0.6) is 0 Å². The first-order chi connectivity index (χ1) is 27.5. The third-order valence-electron chi connectivity index (χ3n) is 12.6. The summed E-state index contributed by atoms with van der Waals surface area (Å²) in [5.41, 5.74) is 13.9. The van der Waals surface area contributed by atoms with Gasteiger partial charge in [-0.3, -0.25) is 0 Å². The number of benzene rings is 8. The number of rotatable bonds is 4. The van der Waals surface area contributed by atoms with Crippen LogP contribution in [0.1, 0.15) is 37.8 Å². The van der Waals surface area contributed by atoms with Gasteiger partial charge in [0.05, 0.1) is 0 Å². The van der Waals surface area contributed by atoms with Gasteiger partial charge in [0.2, 0.25) is 0 Å². The Labute approximate surface area is 329 Å². The van der Waals surface area contributed by atoms with Crippen LogP contribution < -0.4 is 4.90 Å². The van der Waals surface area contributed by atoms with Crippen molar-refractivity contribution in [2.45, 2.75) is 32.1 Å². The molecule has 0 bridgehead atoms. The van der Waals surface area contributed by atoms with Crippen LogP contribution >= 0.6 is 11.3 Å². The highest BCUT2D eigenvalue weighted by Crippen LogP contribution is 2.53. The van der Waals surface area contributed by atoms with Crippen molar-refractivity contribution in [1.29, 1.82) is 0 Å². The van der Waals surface area contributed by atoms with Crippen LogP contribution in [0, 0.1) is 0 Å². The van der Waals surface area contributed by atoms with Crippen LogP contribution in [0.15, 0.2) is 179 Å². The minimum absolute atomic E-state index is 0.0315. The monoisotopic (exact) mass is 735 g/mol. The summed E-state index contributed by atoms with van der Waals surface area (Å²) in [4.78, 5) is 2.52. The van der Waals surface area contributed by atoms with Crippen LogP contribution in [0.4, 0.5) is 11.4 Å². The summed E-state index contributed by atoms with van der Waals surface area (Å²) >= 11 is 1.88. The molecule has 2 aromatic heterocycles. The summed E-state index contributed by atoms with van der Waals surface area (Å²) in [5, 5.41) is 9.84. The first-order valence-electron chi connectivity index (χ1n) is 19.6. The van der Waals surface area contributed by atoms with Crippen molar-refractivity contribution >= 4 is 91.9 Å². The predicted octanol–water partition coefficient (Wildman–Crippen LogP) is 15.5. The van der Waals surface area contributed by atoms with Gasteiger partial charge >= 0.3 is 0 Å². The van der Waals surface area contributed by atoms with Crippen molar-refractivity contribution in [3.8, 4) is 11.1 Å². The minimum atomic E-state index is 0.0315. The van der Waals surface area contributed by atoms with Crippen molar-refractivity contribution in [3.05, 3.63) is 186 Å². The molecule has 2 nitrogen and oxygen atoms in total.